The molecule has 0 spiro atoms. The molecule has 0 fully saturated rings. The Morgan fingerprint density at radius 2 is 1.79 bits per heavy atom. The molecule has 0 aliphatic heterocycles. The van der Waals surface area contributed by atoms with Crippen LogP contribution in [0.2, 0.25) is 0 Å². The first kappa shape index (κ1) is 21.8. The SMILES string of the molecule is CN=C(NCCNS(=O)(=O)c1cc(C)ccc1C)NCCc1cccc(F)c1. The van der Waals surface area contributed by atoms with Crippen LogP contribution in [-0.2, 0) is 16.4 Å². The lowest BCUT2D eigenvalue weighted by molar-refractivity contribution is 0.579. The molecule has 2 rings (SSSR count). The van der Waals surface area contributed by atoms with Gasteiger partial charge < -0.3 is 10.6 Å². The maximum absolute atomic E-state index is 13.2. The van der Waals surface area contributed by atoms with Gasteiger partial charge in [-0.15, -0.1) is 0 Å². The summed E-state index contributed by atoms with van der Waals surface area (Å²) in [5.41, 5.74) is 2.50. The highest BCUT2D eigenvalue weighted by molar-refractivity contribution is 7.89. The minimum absolute atomic E-state index is 0.223. The summed E-state index contributed by atoms with van der Waals surface area (Å²) in [6.45, 7) is 4.82. The first-order chi connectivity index (χ1) is 13.3. The Balaban J connectivity index is 1.77. The number of benzene rings is 2. The van der Waals surface area contributed by atoms with E-state index < -0.39 is 10.0 Å². The maximum atomic E-state index is 13.2. The van der Waals surface area contributed by atoms with Crippen LogP contribution in [0.15, 0.2) is 52.4 Å². The molecule has 8 heteroatoms. The molecular formula is C20H27FN4O2S. The Bertz CT molecular complexity index is 930. The fourth-order valence-electron chi connectivity index (χ4n) is 2.68. The summed E-state index contributed by atoms with van der Waals surface area (Å²) in [6, 6.07) is 11.8. The van der Waals surface area contributed by atoms with Crippen LogP contribution in [0.25, 0.3) is 0 Å². The van der Waals surface area contributed by atoms with Gasteiger partial charge in [0.1, 0.15) is 5.82 Å². The quantitative estimate of drug-likeness (QED) is 0.356. The van der Waals surface area contributed by atoms with E-state index in [2.05, 4.69) is 20.3 Å². The molecule has 2 aromatic carbocycles. The molecule has 0 aliphatic carbocycles. The smallest absolute Gasteiger partial charge is 0.240 e. The third-order valence-electron chi connectivity index (χ3n) is 4.16. The van der Waals surface area contributed by atoms with Crippen molar-refractivity contribution in [3.05, 3.63) is 65.0 Å². The van der Waals surface area contributed by atoms with Gasteiger partial charge in [0.05, 0.1) is 4.90 Å². The van der Waals surface area contributed by atoms with Crippen LogP contribution in [-0.4, -0.2) is 41.1 Å². The monoisotopic (exact) mass is 406 g/mol. The van der Waals surface area contributed by atoms with Crippen LogP contribution in [0.3, 0.4) is 0 Å². The molecule has 0 heterocycles. The lowest BCUT2D eigenvalue weighted by Gasteiger charge is -2.13. The van der Waals surface area contributed by atoms with E-state index in [1.54, 1.807) is 32.2 Å². The Hall–Kier alpha value is -2.45. The van der Waals surface area contributed by atoms with Crippen LogP contribution in [0, 0.1) is 19.7 Å². The molecule has 0 saturated carbocycles. The van der Waals surface area contributed by atoms with Crippen molar-refractivity contribution in [2.45, 2.75) is 25.2 Å². The fourth-order valence-corrected chi connectivity index (χ4v) is 4.04. The van der Waals surface area contributed by atoms with E-state index in [1.807, 2.05) is 19.1 Å². The van der Waals surface area contributed by atoms with Gasteiger partial charge in [-0.25, -0.2) is 17.5 Å². The van der Waals surface area contributed by atoms with Crippen LogP contribution in [0.5, 0.6) is 0 Å². The van der Waals surface area contributed by atoms with E-state index in [4.69, 9.17) is 0 Å². The summed E-state index contributed by atoms with van der Waals surface area (Å²) in [7, 11) is -1.92. The molecular weight excluding hydrogens is 379 g/mol. The number of aliphatic imine (C=N–C) groups is 1. The van der Waals surface area contributed by atoms with E-state index in [9.17, 15) is 12.8 Å². The zero-order valence-corrected chi connectivity index (χ0v) is 17.2. The van der Waals surface area contributed by atoms with Crippen molar-refractivity contribution >= 4 is 16.0 Å². The van der Waals surface area contributed by atoms with E-state index in [1.165, 1.54) is 12.1 Å². The largest absolute Gasteiger partial charge is 0.356 e. The van der Waals surface area contributed by atoms with Gasteiger partial charge in [-0.2, -0.15) is 0 Å². The summed E-state index contributed by atoms with van der Waals surface area (Å²) < 4.78 is 40.7. The van der Waals surface area contributed by atoms with E-state index in [-0.39, 0.29) is 12.4 Å². The molecule has 0 aromatic heterocycles. The van der Waals surface area contributed by atoms with Gasteiger partial charge in [-0.05, 0) is 55.2 Å². The number of rotatable bonds is 8. The molecule has 0 radical (unpaired) electrons. The summed E-state index contributed by atoms with van der Waals surface area (Å²) in [4.78, 5) is 4.39. The first-order valence-corrected chi connectivity index (χ1v) is 10.6. The minimum atomic E-state index is -3.56. The van der Waals surface area contributed by atoms with Gasteiger partial charge in [0.2, 0.25) is 10.0 Å². The Kier molecular flexibility index (Phi) is 7.95. The number of nitrogens with zero attached hydrogens (tertiary/aromatic N) is 1. The van der Waals surface area contributed by atoms with Gasteiger partial charge in [-0.1, -0.05) is 24.3 Å². The van der Waals surface area contributed by atoms with Crippen molar-refractivity contribution in [3.8, 4) is 0 Å². The minimum Gasteiger partial charge on any atom is -0.356 e. The molecule has 152 valence electrons. The average molecular weight is 407 g/mol. The zero-order chi connectivity index (χ0) is 20.6. The second-order valence-electron chi connectivity index (χ2n) is 6.47. The summed E-state index contributed by atoms with van der Waals surface area (Å²) in [5, 5.41) is 6.18. The molecule has 28 heavy (non-hydrogen) atoms. The van der Waals surface area contributed by atoms with Crippen molar-refractivity contribution in [3.63, 3.8) is 0 Å². The standard InChI is InChI=1S/C20H27FN4O2S/c1-15-7-8-16(2)19(13-15)28(26,27)25-12-11-24-20(22-3)23-10-9-17-5-4-6-18(21)14-17/h4-8,13-14,25H,9-12H2,1-3H3,(H2,22,23,24). The van der Waals surface area contributed by atoms with Crippen LogP contribution >= 0.6 is 0 Å². The van der Waals surface area contributed by atoms with Crippen LogP contribution in [0.4, 0.5) is 4.39 Å². The second-order valence-corrected chi connectivity index (χ2v) is 8.21. The predicted molar refractivity (Wildman–Crippen MR) is 111 cm³/mol. The Morgan fingerprint density at radius 3 is 2.50 bits per heavy atom. The average Bonchev–Trinajstić information content (AvgIpc) is 2.65. The lowest BCUT2D eigenvalue weighted by atomic mass is 10.1. The van der Waals surface area contributed by atoms with E-state index in [0.717, 1.165) is 11.1 Å². The summed E-state index contributed by atoms with van der Waals surface area (Å²) in [6.07, 6.45) is 0.651. The van der Waals surface area contributed by atoms with Crippen molar-refractivity contribution in [1.82, 2.24) is 15.4 Å². The highest BCUT2D eigenvalue weighted by Crippen LogP contribution is 2.16. The Labute approximate surface area is 166 Å². The number of sulfonamides is 1. The van der Waals surface area contributed by atoms with Gasteiger partial charge >= 0.3 is 0 Å². The van der Waals surface area contributed by atoms with Crippen molar-refractivity contribution < 1.29 is 12.8 Å². The zero-order valence-electron chi connectivity index (χ0n) is 16.4. The van der Waals surface area contributed by atoms with Crippen molar-refractivity contribution in [2.75, 3.05) is 26.7 Å². The highest BCUT2D eigenvalue weighted by Gasteiger charge is 2.16. The second kappa shape index (κ2) is 10.2. The lowest BCUT2D eigenvalue weighted by Crippen LogP contribution is -2.42. The molecule has 0 aliphatic rings. The number of guanidine groups is 1. The molecule has 0 amide bonds. The molecule has 0 atom stereocenters. The highest BCUT2D eigenvalue weighted by atomic mass is 32.2. The number of nitrogens with one attached hydrogen (secondary N) is 3. The fraction of sp³-hybridized carbons (Fsp3) is 0.350. The third kappa shape index (κ3) is 6.61. The number of hydrogen-bond donors (Lipinski definition) is 3. The summed E-state index contributed by atoms with van der Waals surface area (Å²) in [5.74, 6) is 0.304. The normalized spacial score (nSPS) is 12.1. The number of hydrogen-bond acceptors (Lipinski definition) is 3. The third-order valence-corrected chi connectivity index (χ3v) is 5.76. The van der Waals surface area contributed by atoms with Crippen molar-refractivity contribution in [2.24, 2.45) is 4.99 Å². The topological polar surface area (TPSA) is 82.6 Å². The van der Waals surface area contributed by atoms with E-state index in [0.29, 0.717) is 35.9 Å². The molecule has 0 saturated heterocycles. The van der Waals surface area contributed by atoms with Gasteiger partial charge in [-0.3, -0.25) is 4.99 Å². The number of halogens is 1. The number of aryl methyl sites for hydroxylation is 2. The first-order valence-electron chi connectivity index (χ1n) is 9.07. The Morgan fingerprint density at radius 1 is 1.04 bits per heavy atom. The predicted octanol–water partition coefficient (Wildman–Crippen LogP) is 2.13. The summed E-state index contributed by atoms with van der Waals surface area (Å²) >= 11 is 0. The molecule has 6 nitrogen and oxygen atoms in total. The van der Waals surface area contributed by atoms with E-state index >= 15 is 0 Å². The van der Waals surface area contributed by atoms with Gasteiger partial charge in [0.15, 0.2) is 5.96 Å². The van der Waals surface area contributed by atoms with Crippen molar-refractivity contribution in [1.29, 1.82) is 0 Å². The molecule has 3 N–H and O–H groups in total. The van der Waals surface area contributed by atoms with Gasteiger partial charge in [0, 0.05) is 26.7 Å². The van der Waals surface area contributed by atoms with Crippen LogP contribution in [0.1, 0.15) is 16.7 Å². The molecule has 0 unspecified atom stereocenters. The maximum Gasteiger partial charge on any atom is 0.240 e. The van der Waals surface area contributed by atoms with Gasteiger partial charge in [0.25, 0.3) is 0 Å². The molecule has 2 aromatic rings. The molecule has 0 bridgehead atoms. The van der Waals surface area contributed by atoms with Crippen LogP contribution < -0.4 is 15.4 Å².